The zero-order valence-corrected chi connectivity index (χ0v) is 9.61. The Morgan fingerprint density at radius 2 is 2.12 bits per heavy atom. The lowest BCUT2D eigenvalue weighted by Gasteiger charge is -2.03. The van der Waals surface area contributed by atoms with Crippen LogP contribution in [0.4, 0.5) is 11.4 Å². The Balaban J connectivity index is 2.00. The average Bonchev–Trinajstić information content (AvgIpc) is 2.73. The Hall–Kier alpha value is -2.00. The first-order valence-electron chi connectivity index (χ1n) is 5.18. The summed E-state index contributed by atoms with van der Waals surface area (Å²) in [6.45, 7) is 0. The molecule has 0 fully saturated rings. The van der Waals surface area contributed by atoms with Crippen LogP contribution in [0.5, 0.6) is 0 Å². The second-order valence-corrected chi connectivity index (χ2v) is 4.07. The van der Waals surface area contributed by atoms with Gasteiger partial charge in [0, 0.05) is 16.9 Å². The number of hydrogen-bond acceptors (Lipinski definition) is 3. The molecular formula is C13H9ClN2O. The van der Waals surface area contributed by atoms with Crippen LogP contribution in [0, 0.1) is 0 Å². The van der Waals surface area contributed by atoms with Crippen LogP contribution in [0.3, 0.4) is 0 Å². The summed E-state index contributed by atoms with van der Waals surface area (Å²) in [7, 11) is 0. The van der Waals surface area contributed by atoms with Crippen molar-refractivity contribution >= 4 is 34.1 Å². The topological polar surface area (TPSA) is 38.1 Å². The highest BCUT2D eigenvalue weighted by Gasteiger charge is 2.06. The third-order valence-electron chi connectivity index (χ3n) is 2.43. The van der Waals surface area contributed by atoms with Crippen LogP contribution in [-0.4, -0.2) is 4.98 Å². The Labute approximate surface area is 103 Å². The van der Waals surface area contributed by atoms with Gasteiger partial charge < -0.3 is 9.73 Å². The molecule has 2 aromatic heterocycles. The molecule has 1 N–H and O–H groups in total. The van der Waals surface area contributed by atoms with Crippen molar-refractivity contribution in [2.24, 2.45) is 0 Å². The van der Waals surface area contributed by atoms with Crippen molar-refractivity contribution in [1.82, 2.24) is 4.98 Å². The number of nitrogens with one attached hydrogen (secondary N) is 1. The van der Waals surface area contributed by atoms with Crippen LogP contribution in [0.2, 0.25) is 5.02 Å². The van der Waals surface area contributed by atoms with Gasteiger partial charge in [-0.3, -0.25) is 4.98 Å². The molecule has 1 aromatic carbocycles. The highest BCUT2D eigenvalue weighted by molar-refractivity contribution is 6.30. The average molecular weight is 245 g/mol. The number of rotatable bonds is 2. The largest absolute Gasteiger partial charge is 0.460 e. The fourth-order valence-electron chi connectivity index (χ4n) is 1.68. The number of benzene rings is 1. The molecule has 4 heteroatoms. The molecule has 0 saturated carbocycles. The summed E-state index contributed by atoms with van der Waals surface area (Å²) in [5, 5.41) is 3.92. The smallest absolute Gasteiger partial charge is 0.154 e. The first kappa shape index (κ1) is 10.2. The van der Waals surface area contributed by atoms with Gasteiger partial charge in [0.15, 0.2) is 5.58 Å². The molecule has 17 heavy (non-hydrogen) atoms. The van der Waals surface area contributed by atoms with Crippen LogP contribution in [0.15, 0.2) is 53.3 Å². The normalized spacial score (nSPS) is 10.6. The first-order valence-corrected chi connectivity index (χ1v) is 5.55. The summed E-state index contributed by atoms with van der Waals surface area (Å²) in [4.78, 5) is 4.27. The molecule has 3 rings (SSSR count). The molecule has 0 spiro atoms. The number of aromatic nitrogens is 1. The second kappa shape index (κ2) is 4.11. The molecule has 0 aliphatic heterocycles. The molecule has 0 aliphatic rings. The quantitative estimate of drug-likeness (QED) is 0.733. The van der Waals surface area contributed by atoms with Crippen molar-refractivity contribution < 1.29 is 4.42 Å². The number of anilines is 2. The molecule has 0 amide bonds. The number of pyridine rings is 1. The maximum Gasteiger partial charge on any atom is 0.154 e. The van der Waals surface area contributed by atoms with E-state index in [1.54, 1.807) is 12.5 Å². The van der Waals surface area contributed by atoms with Crippen molar-refractivity contribution in [1.29, 1.82) is 0 Å². The lowest BCUT2D eigenvalue weighted by molar-refractivity contribution is 0.616. The maximum absolute atomic E-state index is 5.92. The van der Waals surface area contributed by atoms with Gasteiger partial charge >= 0.3 is 0 Å². The van der Waals surface area contributed by atoms with Gasteiger partial charge in [-0.1, -0.05) is 17.7 Å². The van der Waals surface area contributed by atoms with E-state index in [-0.39, 0.29) is 0 Å². The molecular weight excluding hydrogens is 236 g/mol. The van der Waals surface area contributed by atoms with Crippen molar-refractivity contribution in [3.05, 3.63) is 53.9 Å². The van der Waals surface area contributed by atoms with E-state index in [0.717, 1.165) is 22.5 Å². The van der Waals surface area contributed by atoms with Gasteiger partial charge in [0.2, 0.25) is 0 Å². The first-order chi connectivity index (χ1) is 8.33. The van der Waals surface area contributed by atoms with E-state index < -0.39 is 0 Å². The SMILES string of the molecule is Clc1cccc(Nc2coc3cccnc23)c1. The fraction of sp³-hybridized carbons (Fsp3) is 0. The second-order valence-electron chi connectivity index (χ2n) is 3.63. The molecule has 0 unspecified atom stereocenters. The summed E-state index contributed by atoms with van der Waals surface area (Å²) >= 11 is 5.92. The number of furan rings is 1. The Morgan fingerprint density at radius 1 is 1.18 bits per heavy atom. The van der Waals surface area contributed by atoms with Crippen molar-refractivity contribution in [2.75, 3.05) is 5.32 Å². The van der Waals surface area contributed by atoms with Gasteiger partial charge in [0.25, 0.3) is 0 Å². The van der Waals surface area contributed by atoms with Gasteiger partial charge in [-0.15, -0.1) is 0 Å². The summed E-state index contributed by atoms with van der Waals surface area (Å²) in [6.07, 6.45) is 3.39. The molecule has 0 aliphatic carbocycles. The van der Waals surface area contributed by atoms with Crippen molar-refractivity contribution in [3.8, 4) is 0 Å². The van der Waals surface area contributed by atoms with E-state index in [4.69, 9.17) is 16.0 Å². The monoisotopic (exact) mass is 244 g/mol. The molecule has 3 nitrogen and oxygen atoms in total. The summed E-state index contributed by atoms with van der Waals surface area (Å²) in [5.41, 5.74) is 3.32. The zero-order valence-electron chi connectivity index (χ0n) is 8.85. The van der Waals surface area contributed by atoms with Crippen LogP contribution in [-0.2, 0) is 0 Å². The van der Waals surface area contributed by atoms with E-state index >= 15 is 0 Å². The Kier molecular flexibility index (Phi) is 2.46. The highest BCUT2D eigenvalue weighted by atomic mass is 35.5. The molecule has 0 bridgehead atoms. The zero-order chi connectivity index (χ0) is 11.7. The molecule has 0 saturated heterocycles. The number of fused-ring (bicyclic) bond motifs is 1. The van der Waals surface area contributed by atoms with Crippen LogP contribution in [0.25, 0.3) is 11.1 Å². The van der Waals surface area contributed by atoms with Crippen molar-refractivity contribution in [3.63, 3.8) is 0 Å². The van der Waals surface area contributed by atoms with Crippen molar-refractivity contribution in [2.45, 2.75) is 0 Å². The van der Waals surface area contributed by atoms with E-state index in [9.17, 15) is 0 Å². The summed E-state index contributed by atoms with van der Waals surface area (Å²) < 4.78 is 5.39. The maximum atomic E-state index is 5.92. The predicted molar refractivity (Wildman–Crippen MR) is 68.7 cm³/mol. The minimum Gasteiger partial charge on any atom is -0.460 e. The van der Waals surface area contributed by atoms with Crippen LogP contribution >= 0.6 is 11.6 Å². The third kappa shape index (κ3) is 1.97. The third-order valence-corrected chi connectivity index (χ3v) is 2.67. The van der Waals surface area contributed by atoms with Gasteiger partial charge in [-0.05, 0) is 30.3 Å². The number of hydrogen-bond donors (Lipinski definition) is 1. The fourth-order valence-corrected chi connectivity index (χ4v) is 1.87. The molecule has 2 heterocycles. The van der Waals surface area contributed by atoms with Gasteiger partial charge in [-0.2, -0.15) is 0 Å². The van der Waals surface area contributed by atoms with E-state index in [2.05, 4.69) is 10.3 Å². The van der Waals surface area contributed by atoms with Gasteiger partial charge in [0.1, 0.15) is 17.5 Å². The predicted octanol–water partition coefficient (Wildman–Crippen LogP) is 4.22. The van der Waals surface area contributed by atoms with E-state index in [1.807, 2.05) is 36.4 Å². The molecule has 84 valence electrons. The Bertz CT molecular complexity index is 663. The molecule has 0 radical (unpaired) electrons. The minimum atomic E-state index is 0.691. The molecule has 0 atom stereocenters. The summed E-state index contributed by atoms with van der Waals surface area (Å²) in [5.74, 6) is 0. The number of nitrogens with zero attached hydrogens (tertiary/aromatic N) is 1. The lowest BCUT2D eigenvalue weighted by Crippen LogP contribution is -1.89. The standard InChI is InChI=1S/C13H9ClN2O/c14-9-3-1-4-10(7-9)16-11-8-17-12-5-2-6-15-13(11)12/h1-8,16H. The van der Waals surface area contributed by atoms with Crippen LogP contribution < -0.4 is 5.32 Å². The van der Waals surface area contributed by atoms with Crippen LogP contribution in [0.1, 0.15) is 0 Å². The lowest BCUT2D eigenvalue weighted by atomic mass is 10.3. The van der Waals surface area contributed by atoms with E-state index in [1.165, 1.54) is 0 Å². The van der Waals surface area contributed by atoms with Gasteiger partial charge in [0.05, 0.1) is 0 Å². The Morgan fingerprint density at radius 3 is 3.00 bits per heavy atom. The van der Waals surface area contributed by atoms with E-state index in [0.29, 0.717) is 5.02 Å². The summed E-state index contributed by atoms with van der Waals surface area (Å²) in [6, 6.07) is 11.2. The highest BCUT2D eigenvalue weighted by Crippen LogP contribution is 2.27. The number of halogens is 1. The van der Waals surface area contributed by atoms with Gasteiger partial charge in [-0.25, -0.2) is 0 Å². The molecule has 3 aromatic rings. The minimum absolute atomic E-state index is 0.691.